The van der Waals surface area contributed by atoms with Crippen LogP contribution in [0.3, 0.4) is 0 Å². The number of nitrogens with one attached hydrogen (secondary N) is 2. The molecule has 1 heterocycles. The number of nitrogens with two attached hydrogens (primary N) is 1. The molecule has 9 nitrogen and oxygen atoms in total. The van der Waals surface area contributed by atoms with Gasteiger partial charge >= 0.3 is 12.0 Å². The summed E-state index contributed by atoms with van der Waals surface area (Å²) in [6.45, 7) is 0. The second kappa shape index (κ2) is 9.97. The molecule has 1 aliphatic heterocycles. The summed E-state index contributed by atoms with van der Waals surface area (Å²) in [5.41, 5.74) is 9.70. The van der Waals surface area contributed by atoms with Crippen molar-refractivity contribution in [3.8, 4) is 0 Å². The number of carboxylic acid groups (broad SMARTS) is 1. The van der Waals surface area contributed by atoms with Gasteiger partial charge in [-0.15, -0.1) is 0 Å². The number of benzodiazepines with no additional fused rings is 1. The van der Waals surface area contributed by atoms with Crippen LogP contribution in [0.2, 0.25) is 0 Å². The fourth-order valence-electron chi connectivity index (χ4n) is 5.72. The third-order valence-electron chi connectivity index (χ3n) is 7.87. The highest BCUT2D eigenvalue weighted by molar-refractivity contribution is 6.14. The first-order chi connectivity index (χ1) is 17.7. The molecular weight excluding hydrogens is 470 g/mol. The minimum absolute atomic E-state index is 0.189. The topological polar surface area (TPSA) is 137 Å². The lowest BCUT2D eigenvalue weighted by Crippen LogP contribution is -2.52. The molecule has 0 bridgehead atoms. The predicted octanol–water partition coefficient (Wildman–Crippen LogP) is 3.45. The molecule has 3 aliphatic rings. The first-order valence-electron chi connectivity index (χ1n) is 12.9. The smallest absolute Gasteiger partial charge is 0.324 e. The van der Waals surface area contributed by atoms with Gasteiger partial charge in [-0.1, -0.05) is 43.5 Å². The average Bonchev–Trinajstić information content (AvgIpc) is 2.99. The fourth-order valence-corrected chi connectivity index (χ4v) is 5.72. The van der Waals surface area contributed by atoms with E-state index in [2.05, 4.69) is 10.6 Å². The molecule has 2 unspecified atom stereocenters. The number of aryl methyl sites for hydroxylation is 1. The molecule has 0 radical (unpaired) electrons. The van der Waals surface area contributed by atoms with Gasteiger partial charge in [0.2, 0.25) is 6.17 Å². The van der Waals surface area contributed by atoms with Crippen LogP contribution >= 0.6 is 0 Å². The number of anilines is 2. The number of hydrogen-bond acceptors (Lipinski definition) is 5. The van der Waals surface area contributed by atoms with Crippen LogP contribution in [-0.4, -0.2) is 47.5 Å². The molecule has 5 rings (SSSR count). The molecule has 2 atom stereocenters. The molecular formula is C28H33N5O4. The van der Waals surface area contributed by atoms with E-state index in [4.69, 9.17) is 10.7 Å². The number of carbonyl (C=O) groups is 3. The Kier molecular flexibility index (Phi) is 6.72. The molecule has 0 spiro atoms. The monoisotopic (exact) mass is 503 g/mol. The number of aliphatic imine (C=N–C) groups is 1. The summed E-state index contributed by atoms with van der Waals surface area (Å²) in [7, 11) is 1.71. The van der Waals surface area contributed by atoms with E-state index < -0.39 is 23.7 Å². The summed E-state index contributed by atoms with van der Waals surface area (Å²) in [6, 6.07) is 12.6. The van der Waals surface area contributed by atoms with E-state index in [9.17, 15) is 19.5 Å². The molecule has 5 N–H and O–H groups in total. The lowest BCUT2D eigenvalue weighted by molar-refractivity contribution is -0.143. The first-order valence-corrected chi connectivity index (χ1v) is 12.9. The van der Waals surface area contributed by atoms with E-state index in [-0.39, 0.29) is 18.2 Å². The van der Waals surface area contributed by atoms with Gasteiger partial charge in [-0.2, -0.15) is 0 Å². The zero-order valence-electron chi connectivity index (χ0n) is 21.0. The number of amides is 3. The van der Waals surface area contributed by atoms with Crippen LogP contribution in [0.4, 0.5) is 16.2 Å². The van der Waals surface area contributed by atoms with Gasteiger partial charge in [-0.3, -0.25) is 14.6 Å². The second-order valence-corrected chi connectivity index (χ2v) is 10.4. The van der Waals surface area contributed by atoms with Crippen LogP contribution in [0, 0.1) is 5.92 Å². The first kappa shape index (κ1) is 25.0. The van der Waals surface area contributed by atoms with Crippen LogP contribution in [0.15, 0.2) is 47.5 Å². The van der Waals surface area contributed by atoms with Gasteiger partial charge in [0.05, 0.1) is 11.4 Å². The number of likely N-dealkylation sites (N-methyl/N-ethyl adjacent to an activating group) is 1. The number of rotatable bonds is 4. The minimum atomic E-state index is -1.32. The van der Waals surface area contributed by atoms with E-state index in [0.717, 1.165) is 53.8 Å². The maximum atomic E-state index is 13.4. The number of nitrogens with zero attached hydrogens (tertiary/aromatic N) is 2. The predicted molar refractivity (Wildman–Crippen MR) is 142 cm³/mol. The summed E-state index contributed by atoms with van der Waals surface area (Å²) in [6.07, 6.45) is 5.53. The van der Waals surface area contributed by atoms with Gasteiger partial charge in [0, 0.05) is 30.6 Å². The molecule has 1 fully saturated rings. The minimum Gasteiger partial charge on any atom is -0.480 e. The van der Waals surface area contributed by atoms with E-state index in [1.54, 1.807) is 24.1 Å². The quantitative estimate of drug-likeness (QED) is 0.506. The van der Waals surface area contributed by atoms with Crippen molar-refractivity contribution in [3.05, 3.63) is 59.2 Å². The Bertz CT molecular complexity index is 1270. The number of carbonyl (C=O) groups excluding carboxylic acids is 2. The Balaban J connectivity index is 1.37. The van der Waals surface area contributed by atoms with Crippen molar-refractivity contribution in [1.82, 2.24) is 5.32 Å². The molecule has 9 heteroatoms. The molecule has 194 valence electrons. The zero-order valence-corrected chi connectivity index (χ0v) is 21.0. The van der Waals surface area contributed by atoms with Crippen molar-refractivity contribution in [1.29, 1.82) is 0 Å². The number of urea groups is 1. The largest absolute Gasteiger partial charge is 0.480 e. The molecule has 1 saturated carbocycles. The van der Waals surface area contributed by atoms with Crippen LogP contribution in [0.1, 0.15) is 55.2 Å². The van der Waals surface area contributed by atoms with Crippen LogP contribution in [0.25, 0.3) is 0 Å². The van der Waals surface area contributed by atoms with E-state index in [1.807, 2.05) is 30.3 Å². The van der Waals surface area contributed by atoms with Gasteiger partial charge in [0.25, 0.3) is 5.91 Å². The Morgan fingerprint density at radius 2 is 1.86 bits per heavy atom. The number of para-hydroxylation sites is 1. The number of benzene rings is 2. The Labute approximate surface area is 216 Å². The number of aliphatic carboxylic acids is 1. The Morgan fingerprint density at radius 1 is 1.11 bits per heavy atom. The standard InChI is InChI=1S/C28H33N5O4/c1-33-22-10-6-5-9-21(22)23(18-7-3-2-4-8-18)31-24(25(33)34)32-27(37)30-20-12-11-17-13-14-28(29,26(35)36)16-19(17)15-20/h5-6,9-12,15,18,24H,2-4,7-8,13-14,16,29H2,1H3,(H,35,36)(H2,30,32,37). The molecule has 2 aromatic rings. The van der Waals surface area contributed by atoms with Gasteiger partial charge in [-0.05, 0) is 55.0 Å². The van der Waals surface area contributed by atoms with Crippen LogP contribution in [-0.2, 0) is 22.4 Å². The summed E-state index contributed by atoms with van der Waals surface area (Å²) in [4.78, 5) is 44.4. The van der Waals surface area contributed by atoms with Crippen molar-refractivity contribution in [2.24, 2.45) is 16.6 Å². The maximum absolute atomic E-state index is 13.4. The highest BCUT2D eigenvalue weighted by Crippen LogP contribution is 2.33. The van der Waals surface area contributed by atoms with Gasteiger partial charge < -0.3 is 26.4 Å². The molecule has 37 heavy (non-hydrogen) atoms. The summed E-state index contributed by atoms with van der Waals surface area (Å²) < 4.78 is 0. The van der Waals surface area contributed by atoms with Crippen molar-refractivity contribution >= 4 is 35.0 Å². The molecule has 0 saturated heterocycles. The summed E-state index contributed by atoms with van der Waals surface area (Å²) >= 11 is 0. The van der Waals surface area contributed by atoms with Crippen LogP contribution < -0.4 is 21.3 Å². The Hall–Kier alpha value is -3.72. The van der Waals surface area contributed by atoms with Gasteiger partial charge in [0.1, 0.15) is 5.54 Å². The van der Waals surface area contributed by atoms with Gasteiger partial charge in [0.15, 0.2) is 0 Å². The number of hydrogen-bond donors (Lipinski definition) is 4. The second-order valence-electron chi connectivity index (χ2n) is 10.4. The van der Waals surface area contributed by atoms with Crippen molar-refractivity contribution in [3.63, 3.8) is 0 Å². The molecule has 2 aliphatic carbocycles. The van der Waals surface area contributed by atoms with E-state index >= 15 is 0 Å². The third kappa shape index (κ3) is 4.96. The van der Waals surface area contributed by atoms with E-state index in [0.29, 0.717) is 18.5 Å². The lowest BCUT2D eigenvalue weighted by atomic mass is 9.78. The van der Waals surface area contributed by atoms with Crippen molar-refractivity contribution in [2.45, 2.75) is 63.1 Å². The SMILES string of the molecule is CN1C(=O)C(NC(=O)Nc2ccc3c(c2)CC(N)(C(=O)O)CC3)N=C(C2CCCCC2)c2ccccc21. The van der Waals surface area contributed by atoms with Crippen molar-refractivity contribution in [2.75, 3.05) is 17.3 Å². The Morgan fingerprint density at radius 3 is 2.62 bits per heavy atom. The van der Waals surface area contributed by atoms with Gasteiger partial charge in [-0.25, -0.2) is 4.79 Å². The highest BCUT2D eigenvalue weighted by atomic mass is 16.4. The van der Waals surface area contributed by atoms with Crippen molar-refractivity contribution < 1.29 is 19.5 Å². The lowest BCUT2D eigenvalue weighted by Gasteiger charge is -2.31. The number of fused-ring (bicyclic) bond motifs is 2. The summed E-state index contributed by atoms with van der Waals surface area (Å²) in [5, 5.41) is 15.1. The van der Waals surface area contributed by atoms with E-state index in [1.165, 1.54) is 6.42 Å². The molecule has 3 amide bonds. The van der Waals surface area contributed by atoms with Crippen LogP contribution in [0.5, 0.6) is 0 Å². The normalized spacial score (nSPS) is 23.8. The highest BCUT2D eigenvalue weighted by Gasteiger charge is 2.38. The molecule has 2 aromatic carbocycles. The summed E-state index contributed by atoms with van der Waals surface area (Å²) in [5.74, 6) is -1.10. The zero-order chi connectivity index (χ0) is 26.2. The third-order valence-corrected chi connectivity index (χ3v) is 7.87. The molecule has 0 aromatic heterocycles. The number of carboxylic acids is 1. The maximum Gasteiger partial charge on any atom is 0.324 e. The fraction of sp³-hybridized carbons (Fsp3) is 0.429. The average molecular weight is 504 g/mol.